The Morgan fingerprint density at radius 1 is 1.18 bits per heavy atom. The van der Waals surface area contributed by atoms with E-state index in [2.05, 4.69) is 17.2 Å². The molecule has 0 atom stereocenters. The normalized spacial score (nSPS) is 10.4. The van der Waals surface area contributed by atoms with Gasteiger partial charge < -0.3 is 19.7 Å². The highest BCUT2D eigenvalue weighted by molar-refractivity contribution is 7.09. The van der Waals surface area contributed by atoms with Crippen molar-refractivity contribution in [2.24, 2.45) is 0 Å². The van der Waals surface area contributed by atoms with Crippen LogP contribution in [0.15, 0.2) is 29.6 Å². The summed E-state index contributed by atoms with van der Waals surface area (Å²) < 4.78 is 10.1. The quantitative estimate of drug-likeness (QED) is 0.463. The van der Waals surface area contributed by atoms with Crippen LogP contribution in [0.25, 0.3) is 0 Å². The second-order valence-corrected chi connectivity index (χ2v) is 7.08. The Labute approximate surface area is 169 Å². The second kappa shape index (κ2) is 11.3. The lowest BCUT2D eigenvalue weighted by Crippen LogP contribution is -2.35. The number of carbonyl (C=O) groups is 2. The van der Waals surface area contributed by atoms with Gasteiger partial charge in [0.2, 0.25) is 0 Å². The molecule has 0 bridgehead atoms. The minimum absolute atomic E-state index is 0.200. The standard InChI is InChI=1S/C20H27N3O4S/c1-4-6-7-12-23(13-18-22-17(14-28-18)19(24)27-5-2)20(25)21-15-8-10-16(26-3)11-9-15/h8-11,14H,4-7,12-13H2,1-3H3,(H,21,25). The van der Waals surface area contributed by atoms with E-state index in [4.69, 9.17) is 9.47 Å². The average molecular weight is 406 g/mol. The number of hydrogen-bond acceptors (Lipinski definition) is 6. The van der Waals surface area contributed by atoms with Crippen LogP contribution in [0.2, 0.25) is 0 Å². The van der Waals surface area contributed by atoms with Gasteiger partial charge in [-0.3, -0.25) is 0 Å². The van der Waals surface area contributed by atoms with E-state index in [1.807, 2.05) is 0 Å². The Hall–Kier alpha value is -2.61. The van der Waals surface area contributed by atoms with Gasteiger partial charge in [0, 0.05) is 17.6 Å². The molecule has 8 heteroatoms. The number of urea groups is 1. The number of hydrogen-bond donors (Lipinski definition) is 1. The minimum Gasteiger partial charge on any atom is -0.497 e. The van der Waals surface area contributed by atoms with Crippen LogP contribution in [0.3, 0.4) is 0 Å². The van der Waals surface area contributed by atoms with E-state index in [1.54, 1.807) is 48.6 Å². The largest absolute Gasteiger partial charge is 0.497 e. The van der Waals surface area contributed by atoms with E-state index in [9.17, 15) is 9.59 Å². The number of methoxy groups -OCH3 is 1. The number of amides is 2. The molecule has 0 unspecified atom stereocenters. The summed E-state index contributed by atoms with van der Waals surface area (Å²) >= 11 is 1.35. The first-order valence-electron chi connectivity index (χ1n) is 9.38. The monoisotopic (exact) mass is 405 g/mol. The molecule has 0 saturated carbocycles. The molecule has 0 aliphatic carbocycles. The van der Waals surface area contributed by atoms with Crippen molar-refractivity contribution in [1.29, 1.82) is 0 Å². The highest BCUT2D eigenvalue weighted by Crippen LogP contribution is 2.18. The smallest absolute Gasteiger partial charge is 0.357 e. The number of thiazole rings is 1. The molecule has 0 aliphatic heterocycles. The topological polar surface area (TPSA) is 80.8 Å². The minimum atomic E-state index is -0.440. The van der Waals surface area contributed by atoms with Crippen molar-refractivity contribution in [3.8, 4) is 5.75 Å². The van der Waals surface area contributed by atoms with Crippen LogP contribution in [-0.2, 0) is 11.3 Å². The number of esters is 1. The predicted molar refractivity (Wildman–Crippen MR) is 110 cm³/mol. The molecule has 2 amide bonds. The van der Waals surface area contributed by atoms with E-state index < -0.39 is 5.97 Å². The van der Waals surface area contributed by atoms with Crippen molar-refractivity contribution in [3.63, 3.8) is 0 Å². The maximum atomic E-state index is 12.8. The summed E-state index contributed by atoms with van der Waals surface area (Å²) in [6.45, 7) is 5.14. The zero-order valence-electron chi connectivity index (χ0n) is 16.6. The lowest BCUT2D eigenvalue weighted by Gasteiger charge is -2.22. The lowest BCUT2D eigenvalue weighted by molar-refractivity contribution is 0.0520. The summed E-state index contributed by atoms with van der Waals surface area (Å²) in [6.07, 6.45) is 3.01. The Bertz CT molecular complexity index is 761. The first-order chi connectivity index (χ1) is 13.6. The van der Waals surface area contributed by atoms with Crippen molar-refractivity contribution >= 4 is 29.0 Å². The second-order valence-electron chi connectivity index (χ2n) is 6.13. The van der Waals surface area contributed by atoms with E-state index in [0.29, 0.717) is 30.4 Å². The Morgan fingerprint density at radius 3 is 2.57 bits per heavy atom. The number of benzene rings is 1. The number of anilines is 1. The molecule has 2 rings (SSSR count). The van der Waals surface area contributed by atoms with Crippen LogP contribution in [0.1, 0.15) is 48.6 Å². The number of unbranched alkanes of at least 4 members (excludes halogenated alkanes) is 2. The lowest BCUT2D eigenvalue weighted by atomic mass is 10.2. The van der Waals surface area contributed by atoms with Crippen LogP contribution < -0.4 is 10.1 Å². The van der Waals surface area contributed by atoms with Crippen LogP contribution in [0.4, 0.5) is 10.5 Å². The molecule has 152 valence electrons. The van der Waals surface area contributed by atoms with E-state index >= 15 is 0 Å². The highest BCUT2D eigenvalue weighted by Gasteiger charge is 2.18. The third kappa shape index (κ3) is 6.53. The van der Waals surface area contributed by atoms with Crippen molar-refractivity contribution in [1.82, 2.24) is 9.88 Å². The van der Waals surface area contributed by atoms with Crippen molar-refractivity contribution in [2.75, 3.05) is 25.6 Å². The Balaban J connectivity index is 2.05. The van der Waals surface area contributed by atoms with Gasteiger partial charge in [-0.2, -0.15) is 0 Å². The van der Waals surface area contributed by atoms with Gasteiger partial charge in [0.25, 0.3) is 0 Å². The number of nitrogens with one attached hydrogen (secondary N) is 1. The molecule has 0 spiro atoms. The summed E-state index contributed by atoms with van der Waals surface area (Å²) in [5, 5.41) is 5.27. The van der Waals surface area contributed by atoms with E-state index in [-0.39, 0.29) is 11.7 Å². The third-order valence-electron chi connectivity index (χ3n) is 4.02. The van der Waals surface area contributed by atoms with Gasteiger partial charge in [-0.25, -0.2) is 14.6 Å². The molecular formula is C20H27N3O4S. The number of nitrogens with zero attached hydrogens (tertiary/aromatic N) is 2. The summed E-state index contributed by atoms with van der Waals surface area (Å²) in [5.74, 6) is 0.289. The molecule has 7 nitrogen and oxygen atoms in total. The van der Waals surface area contributed by atoms with Gasteiger partial charge in [-0.15, -0.1) is 11.3 Å². The summed E-state index contributed by atoms with van der Waals surface area (Å²) in [6, 6.07) is 6.98. The molecular weight excluding hydrogens is 378 g/mol. The third-order valence-corrected chi connectivity index (χ3v) is 4.86. The molecule has 1 aromatic heterocycles. The van der Waals surface area contributed by atoms with Crippen molar-refractivity contribution in [2.45, 2.75) is 39.7 Å². The van der Waals surface area contributed by atoms with Crippen LogP contribution in [0.5, 0.6) is 5.75 Å². The maximum Gasteiger partial charge on any atom is 0.357 e. The fourth-order valence-electron chi connectivity index (χ4n) is 2.53. The van der Waals surface area contributed by atoms with Crippen LogP contribution >= 0.6 is 11.3 Å². The van der Waals surface area contributed by atoms with Crippen LogP contribution in [-0.4, -0.2) is 42.1 Å². The zero-order valence-corrected chi connectivity index (χ0v) is 17.4. The first kappa shape index (κ1) is 21.7. The fraction of sp³-hybridized carbons (Fsp3) is 0.450. The molecule has 1 N–H and O–H groups in total. The summed E-state index contributed by atoms with van der Waals surface area (Å²) in [7, 11) is 1.60. The zero-order chi connectivity index (χ0) is 20.4. The van der Waals surface area contributed by atoms with Gasteiger partial charge in [0.1, 0.15) is 10.8 Å². The fourth-order valence-corrected chi connectivity index (χ4v) is 3.31. The van der Waals surface area contributed by atoms with Gasteiger partial charge in [-0.05, 0) is 37.6 Å². The summed E-state index contributed by atoms with van der Waals surface area (Å²) in [4.78, 5) is 30.6. The van der Waals surface area contributed by atoms with Crippen LogP contribution in [0, 0.1) is 0 Å². The first-order valence-corrected chi connectivity index (χ1v) is 10.3. The number of aromatic nitrogens is 1. The summed E-state index contributed by atoms with van der Waals surface area (Å²) in [5.41, 5.74) is 0.976. The molecule has 28 heavy (non-hydrogen) atoms. The Morgan fingerprint density at radius 2 is 1.93 bits per heavy atom. The number of rotatable bonds is 10. The molecule has 1 heterocycles. The molecule has 0 saturated heterocycles. The average Bonchev–Trinajstić information content (AvgIpc) is 3.17. The van der Waals surface area contributed by atoms with E-state index in [0.717, 1.165) is 25.0 Å². The molecule has 0 fully saturated rings. The highest BCUT2D eigenvalue weighted by atomic mass is 32.1. The SMILES string of the molecule is CCCCCN(Cc1nc(C(=O)OCC)cs1)C(=O)Nc1ccc(OC)cc1. The van der Waals surface area contributed by atoms with Gasteiger partial charge in [-0.1, -0.05) is 19.8 Å². The van der Waals surface area contributed by atoms with Gasteiger partial charge >= 0.3 is 12.0 Å². The molecule has 0 radical (unpaired) electrons. The van der Waals surface area contributed by atoms with Gasteiger partial charge in [0.15, 0.2) is 5.69 Å². The maximum absolute atomic E-state index is 12.8. The Kier molecular flexibility index (Phi) is 8.74. The van der Waals surface area contributed by atoms with Crippen molar-refractivity contribution in [3.05, 3.63) is 40.3 Å². The van der Waals surface area contributed by atoms with Gasteiger partial charge in [0.05, 0.1) is 20.3 Å². The number of carbonyl (C=O) groups excluding carboxylic acids is 2. The number of ether oxygens (including phenoxy) is 2. The molecule has 1 aromatic carbocycles. The molecule has 0 aliphatic rings. The van der Waals surface area contributed by atoms with Crippen molar-refractivity contribution < 1.29 is 19.1 Å². The van der Waals surface area contributed by atoms with E-state index in [1.165, 1.54) is 11.3 Å². The predicted octanol–water partition coefficient (Wildman–Crippen LogP) is 4.55. The molecule has 2 aromatic rings.